The molecule has 1 N–H and O–H groups in total. The lowest BCUT2D eigenvalue weighted by molar-refractivity contribution is 0.131. The molecule has 5 heteroatoms. The highest BCUT2D eigenvalue weighted by Crippen LogP contribution is 2.57. The van der Waals surface area contributed by atoms with E-state index in [9.17, 15) is 15.2 Å². The van der Waals surface area contributed by atoms with Crippen LogP contribution in [0.4, 0.5) is 4.79 Å². The number of benzene rings is 1. The second-order valence-corrected chi connectivity index (χ2v) is 5.70. The number of hydrogen-bond donors (Lipinski definition) is 1. The van der Waals surface area contributed by atoms with Crippen molar-refractivity contribution in [3.8, 4) is 6.07 Å². The van der Waals surface area contributed by atoms with Gasteiger partial charge in [-0.15, -0.1) is 0 Å². The number of hydrogen-bond acceptors (Lipinski definition) is 2. The number of nitriles is 1. The number of amides is 1. The average molecular weight is 277 g/mol. The fraction of sp³-hybridized carbons (Fsp3) is 0.429. The SMILES string of the molecule is N#C[C@@H]1[C@H](c2cccc(Cl)c2)CN(C(=O)O)C12CC2. The molecular weight excluding hydrogens is 264 g/mol. The monoisotopic (exact) mass is 276 g/mol. The summed E-state index contributed by atoms with van der Waals surface area (Å²) in [7, 11) is 0. The van der Waals surface area contributed by atoms with Gasteiger partial charge in [-0.05, 0) is 30.5 Å². The Bertz CT molecular complexity index is 577. The lowest BCUT2D eigenvalue weighted by Gasteiger charge is -2.22. The highest BCUT2D eigenvalue weighted by atomic mass is 35.5. The molecule has 1 aliphatic carbocycles. The smallest absolute Gasteiger partial charge is 0.407 e. The van der Waals surface area contributed by atoms with E-state index in [0.29, 0.717) is 11.6 Å². The molecule has 0 bridgehead atoms. The first kappa shape index (κ1) is 12.3. The summed E-state index contributed by atoms with van der Waals surface area (Å²) in [5, 5.41) is 19.4. The Hall–Kier alpha value is -1.73. The highest BCUT2D eigenvalue weighted by Gasteiger charge is 2.63. The molecule has 2 fully saturated rings. The minimum absolute atomic E-state index is 0.0812. The van der Waals surface area contributed by atoms with Crippen LogP contribution in [0.2, 0.25) is 5.02 Å². The Morgan fingerprint density at radius 2 is 2.26 bits per heavy atom. The van der Waals surface area contributed by atoms with Crippen LogP contribution in [0.25, 0.3) is 0 Å². The van der Waals surface area contributed by atoms with Crippen molar-refractivity contribution in [2.75, 3.05) is 6.54 Å². The summed E-state index contributed by atoms with van der Waals surface area (Å²) in [4.78, 5) is 12.8. The molecule has 3 rings (SSSR count). The molecule has 1 heterocycles. The van der Waals surface area contributed by atoms with E-state index in [1.54, 1.807) is 6.07 Å². The van der Waals surface area contributed by atoms with Gasteiger partial charge in [-0.25, -0.2) is 4.79 Å². The molecule has 0 radical (unpaired) electrons. The number of likely N-dealkylation sites (tertiary alicyclic amines) is 1. The summed E-state index contributed by atoms with van der Waals surface area (Å²) >= 11 is 5.99. The van der Waals surface area contributed by atoms with Gasteiger partial charge in [-0.1, -0.05) is 23.7 Å². The van der Waals surface area contributed by atoms with E-state index in [4.69, 9.17) is 11.6 Å². The Kier molecular flexibility index (Phi) is 2.68. The molecule has 2 aliphatic rings. The molecule has 1 spiro atoms. The molecule has 19 heavy (non-hydrogen) atoms. The second kappa shape index (κ2) is 4.14. The topological polar surface area (TPSA) is 64.3 Å². The fourth-order valence-corrected chi connectivity index (χ4v) is 3.45. The summed E-state index contributed by atoms with van der Waals surface area (Å²) in [5.41, 5.74) is 0.502. The van der Waals surface area contributed by atoms with Crippen molar-refractivity contribution < 1.29 is 9.90 Å². The summed E-state index contributed by atoms with van der Waals surface area (Å²) in [6.45, 7) is 0.383. The number of nitrogens with zero attached hydrogens (tertiary/aromatic N) is 2. The Morgan fingerprint density at radius 1 is 1.53 bits per heavy atom. The van der Waals surface area contributed by atoms with E-state index < -0.39 is 11.6 Å². The van der Waals surface area contributed by atoms with Crippen molar-refractivity contribution >= 4 is 17.7 Å². The standard InChI is InChI=1S/C14H13ClN2O2/c15-10-3-1-2-9(6-10)11-8-17(13(18)19)14(4-5-14)12(11)7-16/h1-3,6,11-12H,4-5,8H2,(H,18,19)/t11-,12+/m0/s1. The van der Waals surface area contributed by atoms with Crippen LogP contribution in [0.15, 0.2) is 24.3 Å². The maximum absolute atomic E-state index is 11.4. The molecule has 98 valence electrons. The van der Waals surface area contributed by atoms with Gasteiger partial charge in [0.15, 0.2) is 0 Å². The zero-order chi connectivity index (χ0) is 13.6. The summed E-state index contributed by atoms with van der Waals surface area (Å²) < 4.78 is 0. The zero-order valence-electron chi connectivity index (χ0n) is 10.2. The van der Waals surface area contributed by atoms with Gasteiger partial charge in [0.05, 0.1) is 17.5 Å². The van der Waals surface area contributed by atoms with Crippen molar-refractivity contribution in [2.24, 2.45) is 5.92 Å². The van der Waals surface area contributed by atoms with E-state index in [1.807, 2.05) is 18.2 Å². The third kappa shape index (κ3) is 1.77. The van der Waals surface area contributed by atoms with Crippen molar-refractivity contribution in [1.82, 2.24) is 4.90 Å². The number of halogens is 1. The van der Waals surface area contributed by atoms with Crippen LogP contribution in [0.1, 0.15) is 24.3 Å². The van der Waals surface area contributed by atoms with Gasteiger partial charge in [0, 0.05) is 17.5 Å². The van der Waals surface area contributed by atoms with Crippen LogP contribution in [-0.4, -0.2) is 28.2 Å². The predicted octanol–water partition coefficient (Wildman–Crippen LogP) is 3.09. The second-order valence-electron chi connectivity index (χ2n) is 5.27. The normalized spacial score (nSPS) is 27.3. The third-order valence-corrected chi connectivity index (χ3v) is 4.54. The van der Waals surface area contributed by atoms with Gasteiger partial charge in [-0.2, -0.15) is 5.26 Å². The van der Waals surface area contributed by atoms with Crippen LogP contribution < -0.4 is 0 Å². The van der Waals surface area contributed by atoms with Gasteiger partial charge < -0.3 is 10.0 Å². The van der Waals surface area contributed by atoms with Crippen LogP contribution >= 0.6 is 11.6 Å². The molecule has 1 amide bonds. The Balaban J connectivity index is 1.99. The largest absolute Gasteiger partial charge is 0.465 e. The zero-order valence-corrected chi connectivity index (χ0v) is 11.0. The van der Waals surface area contributed by atoms with Gasteiger partial charge >= 0.3 is 6.09 Å². The maximum Gasteiger partial charge on any atom is 0.407 e. The van der Waals surface area contributed by atoms with Crippen LogP contribution in [0.5, 0.6) is 0 Å². The number of carboxylic acid groups (broad SMARTS) is 1. The molecule has 0 aromatic heterocycles. The summed E-state index contributed by atoms with van der Waals surface area (Å²) in [6.07, 6.45) is 0.644. The first-order valence-electron chi connectivity index (χ1n) is 6.24. The Morgan fingerprint density at radius 3 is 2.79 bits per heavy atom. The molecule has 1 saturated heterocycles. The molecule has 2 atom stereocenters. The van der Waals surface area contributed by atoms with E-state index in [-0.39, 0.29) is 11.8 Å². The molecular formula is C14H13ClN2O2. The van der Waals surface area contributed by atoms with E-state index in [0.717, 1.165) is 18.4 Å². The molecule has 1 aliphatic heterocycles. The van der Waals surface area contributed by atoms with Crippen molar-refractivity contribution in [1.29, 1.82) is 5.26 Å². The molecule has 1 saturated carbocycles. The van der Waals surface area contributed by atoms with Crippen LogP contribution in [0.3, 0.4) is 0 Å². The minimum Gasteiger partial charge on any atom is -0.465 e. The molecule has 4 nitrogen and oxygen atoms in total. The van der Waals surface area contributed by atoms with Gasteiger partial charge in [-0.3, -0.25) is 0 Å². The van der Waals surface area contributed by atoms with E-state index >= 15 is 0 Å². The van der Waals surface area contributed by atoms with E-state index in [2.05, 4.69) is 6.07 Å². The highest BCUT2D eigenvalue weighted by molar-refractivity contribution is 6.30. The lowest BCUT2D eigenvalue weighted by Crippen LogP contribution is -2.38. The molecule has 0 unspecified atom stereocenters. The predicted molar refractivity (Wildman–Crippen MR) is 70.0 cm³/mol. The van der Waals surface area contributed by atoms with E-state index in [1.165, 1.54) is 4.90 Å². The maximum atomic E-state index is 11.4. The summed E-state index contributed by atoms with van der Waals surface area (Å²) in [6, 6.07) is 9.70. The number of carbonyl (C=O) groups is 1. The van der Waals surface area contributed by atoms with Gasteiger partial charge in [0.2, 0.25) is 0 Å². The van der Waals surface area contributed by atoms with Gasteiger partial charge in [0.25, 0.3) is 0 Å². The molecule has 1 aromatic carbocycles. The van der Waals surface area contributed by atoms with Crippen molar-refractivity contribution in [3.63, 3.8) is 0 Å². The van der Waals surface area contributed by atoms with Crippen molar-refractivity contribution in [3.05, 3.63) is 34.9 Å². The summed E-state index contributed by atoms with van der Waals surface area (Å²) in [5.74, 6) is -0.357. The average Bonchev–Trinajstić information content (AvgIpc) is 3.05. The van der Waals surface area contributed by atoms with Gasteiger partial charge in [0.1, 0.15) is 0 Å². The first-order chi connectivity index (χ1) is 9.08. The Labute approximate surface area is 116 Å². The fourth-order valence-electron chi connectivity index (χ4n) is 3.25. The first-order valence-corrected chi connectivity index (χ1v) is 6.62. The van der Waals surface area contributed by atoms with Crippen molar-refractivity contribution in [2.45, 2.75) is 24.3 Å². The molecule has 1 aromatic rings. The lowest BCUT2D eigenvalue weighted by atomic mass is 9.85. The quantitative estimate of drug-likeness (QED) is 0.857. The minimum atomic E-state index is -0.928. The van der Waals surface area contributed by atoms with Crippen LogP contribution in [-0.2, 0) is 0 Å². The number of rotatable bonds is 1. The third-order valence-electron chi connectivity index (χ3n) is 4.31. The van der Waals surface area contributed by atoms with Crippen LogP contribution in [0, 0.1) is 17.2 Å².